The van der Waals surface area contributed by atoms with E-state index in [9.17, 15) is 18.4 Å². The number of nitrogens with one attached hydrogen (secondary N) is 1. The van der Waals surface area contributed by atoms with Crippen LogP contribution in [0.5, 0.6) is 17.4 Å². The number of methoxy groups -OCH3 is 1. The number of hydrazine groups is 1. The molecule has 0 radical (unpaired) electrons. The maximum absolute atomic E-state index is 13.9. The van der Waals surface area contributed by atoms with Crippen LogP contribution in [0.4, 0.5) is 8.78 Å². The number of nitrogens with zero attached hydrogens (tertiary/aromatic N) is 2. The summed E-state index contributed by atoms with van der Waals surface area (Å²) in [5.41, 5.74) is 2.89. The summed E-state index contributed by atoms with van der Waals surface area (Å²) < 4.78 is 39.2. The van der Waals surface area contributed by atoms with E-state index in [1.807, 2.05) is 5.43 Å². The number of nitrogen functional groups attached to an aromatic ring is 1. The molecule has 0 saturated carbocycles. The first kappa shape index (κ1) is 20.9. The molecule has 0 spiro atoms. The van der Waals surface area contributed by atoms with Gasteiger partial charge >= 0.3 is 0 Å². The number of fused-ring (bicyclic) bond motifs is 1. The average molecular weight is 438 g/mol. The Morgan fingerprint density at radius 1 is 1.06 bits per heavy atom. The summed E-state index contributed by atoms with van der Waals surface area (Å²) in [5.74, 6) is 3.23. The second kappa shape index (κ2) is 8.44. The SMILES string of the molecule is COc1ccc(C(=O)NN)cc1-c1c(=O)ccn2nc(Oc3ccc(F)cc3F)ccc12. The molecular weight excluding hydrogens is 422 g/mol. The standard InChI is InChI=1S/C22H16F2N4O4/c1-31-18-5-2-12(22(30)26-25)10-14(18)21-16-4-7-20(27-28(16)9-8-17(21)29)32-19-6-3-13(23)11-15(19)24/h2-11H,25H2,1H3,(H,26,30). The summed E-state index contributed by atoms with van der Waals surface area (Å²) in [5, 5.41) is 4.25. The number of nitrogens with two attached hydrogens (primary N) is 1. The molecule has 10 heteroatoms. The lowest BCUT2D eigenvalue weighted by Gasteiger charge is -2.13. The number of hydrogen-bond donors (Lipinski definition) is 2. The van der Waals surface area contributed by atoms with Gasteiger partial charge < -0.3 is 9.47 Å². The first-order valence-electron chi connectivity index (χ1n) is 9.26. The molecule has 0 bridgehead atoms. The Morgan fingerprint density at radius 2 is 1.84 bits per heavy atom. The van der Waals surface area contributed by atoms with E-state index in [2.05, 4.69) is 5.10 Å². The van der Waals surface area contributed by atoms with Crippen LogP contribution in [0.15, 0.2) is 65.6 Å². The molecule has 2 aromatic heterocycles. The summed E-state index contributed by atoms with van der Waals surface area (Å²) in [4.78, 5) is 24.7. The molecule has 0 aliphatic carbocycles. The topological polar surface area (TPSA) is 108 Å². The molecule has 4 rings (SSSR count). The van der Waals surface area contributed by atoms with E-state index in [-0.39, 0.29) is 28.2 Å². The number of pyridine rings is 1. The molecule has 0 saturated heterocycles. The molecule has 2 heterocycles. The lowest BCUT2D eigenvalue weighted by Crippen LogP contribution is -2.30. The van der Waals surface area contributed by atoms with E-state index in [4.69, 9.17) is 15.3 Å². The molecule has 0 fully saturated rings. The highest BCUT2D eigenvalue weighted by molar-refractivity contribution is 5.96. The summed E-state index contributed by atoms with van der Waals surface area (Å²) in [6.07, 6.45) is 1.41. The van der Waals surface area contributed by atoms with Gasteiger partial charge in [-0.2, -0.15) is 0 Å². The fourth-order valence-corrected chi connectivity index (χ4v) is 3.20. The number of hydrogen-bond acceptors (Lipinski definition) is 6. The van der Waals surface area contributed by atoms with Crippen molar-refractivity contribution in [2.45, 2.75) is 0 Å². The molecule has 4 aromatic rings. The molecule has 0 unspecified atom stereocenters. The third-order valence-electron chi connectivity index (χ3n) is 4.68. The van der Waals surface area contributed by atoms with Crippen molar-refractivity contribution in [3.63, 3.8) is 0 Å². The van der Waals surface area contributed by atoms with Crippen LogP contribution in [0.2, 0.25) is 0 Å². The van der Waals surface area contributed by atoms with Crippen molar-refractivity contribution >= 4 is 11.4 Å². The quantitative estimate of drug-likeness (QED) is 0.282. The molecule has 0 aliphatic rings. The number of aromatic nitrogens is 2. The van der Waals surface area contributed by atoms with Crippen molar-refractivity contribution in [3.8, 4) is 28.5 Å². The highest BCUT2D eigenvalue weighted by Crippen LogP contribution is 2.32. The molecule has 2 aromatic carbocycles. The molecule has 8 nitrogen and oxygen atoms in total. The molecule has 1 amide bonds. The normalized spacial score (nSPS) is 10.8. The largest absolute Gasteiger partial charge is 0.496 e. The fourth-order valence-electron chi connectivity index (χ4n) is 3.20. The summed E-state index contributed by atoms with van der Waals surface area (Å²) in [7, 11) is 1.44. The Labute approximate surface area is 179 Å². The minimum absolute atomic E-state index is 0.0147. The Balaban J connectivity index is 1.84. The van der Waals surface area contributed by atoms with Gasteiger partial charge in [-0.25, -0.2) is 19.1 Å². The van der Waals surface area contributed by atoms with Crippen molar-refractivity contribution in [2.24, 2.45) is 5.84 Å². The van der Waals surface area contributed by atoms with Crippen molar-refractivity contribution < 1.29 is 23.0 Å². The predicted octanol–water partition coefficient (Wildman–Crippen LogP) is 3.04. The van der Waals surface area contributed by atoms with Gasteiger partial charge in [0.2, 0.25) is 5.88 Å². The fraction of sp³-hybridized carbons (Fsp3) is 0.0455. The van der Waals surface area contributed by atoms with E-state index in [1.54, 1.807) is 12.1 Å². The minimum Gasteiger partial charge on any atom is -0.496 e. The van der Waals surface area contributed by atoms with Gasteiger partial charge in [-0.15, -0.1) is 5.10 Å². The molecular formula is C22H16F2N4O4. The third-order valence-corrected chi connectivity index (χ3v) is 4.68. The van der Waals surface area contributed by atoms with E-state index in [0.29, 0.717) is 22.9 Å². The highest BCUT2D eigenvalue weighted by Gasteiger charge is 2.17. The lowest BCUT2D eigenvalue weighted by molar-refractivity contribution is 0.0953. The number of amides is 1. The molecule has 0 atom stereocenters. The number of carbonyl (C=O) groups excluding carboxylic acids is 1. The van der Waals surface area contributed by atoms with Crippen LogP contribution in [0, 0.1) is 11.6 Å². The van der Waals surface area contributed by atoms with Crippen LogP contribution < -0.4 is 26.2 Å². The number of carbonyl (C=O) groups is 1. The highest BCUT2D eigenvalue weighted by atomic mass is 19.1. The van der Waals surface area contributed by atoms with Crippen LogP contribution >= 0.6 is 0 Å². The smallest absolute Gasteiger partial charge is 0.265 e. The molecule has 32 heavy (non-hydrogen) atoms. The Kier molecular flexibility index (Phi) is 5.52. The predicted molar refractivity (Wildman–Crippen MR) is 112 cm³/mol. The van der Waals surface area contributed by atoms with Gasteiger partial charge in [0.15, 0.2) is 17.0 Å². The van der Waals surface area contributed by atoms with E-state index in [1.165, 1.54) is 42.1 Å². The Morgan fingerprint density at radius 3 is 2.56 bits per heavy atom. The van der Waals surface area contributed by atoms with Gasteiger partial charge in [-0.1, -0.05) is 0 Å². The zero-order valence-corrected chi connectivity index (χ0v) is 16.6. The second-order valence-corrected chi connectivity index (χ2v) is 6.62. The molecule has 162 valence electrons. The molecule has 0 aliphatic heterocycles. The first-order valence-corrected chi connectivity index (χ1v) is 9.26. The Hall–Kier alpha value is -4.31. The first-order chi connectivity index (χ1) is 15.4. The van der Waals surface area contributed by atoms with Crippen LogP contribution in [0.1, 0.15) is 10.4 Å². The number of halogens is 2. The zero-order valence-electron chi connectivity index (χ0n) is 16.6. The van der Waals surface area contributed by atoms with Gasteiger partial charge in [-0.05, 0) is 36.4 Å². The van der Waals surface area contributed by atoms with Gasteiger partial charge in [0.05, 0.1) is 18.2 Å². The van der Waals surface area contributed by atoms with E-state index < -0.39 is 17.5 Å². The van der Waals surface area contributed by atoms with Gasteiger partial charge in [0.25, 0.3) is 5.91 Å². The van der Waals surface area contributed by atoms with Gasteiger partial charge in [0, 0.05) is 35.5 Å². The van der Waals surface area contributed by atoms with Crippen LogP contribution in [-0.4, -0.2) is 22.6 Å². The summed E-state index contributed by atoms with van der Waals surface area (Å²) in [6, 6.07) is 11.7. The third kappa shape index (κ3) is 3.86. The Bertz CT molecular complexity index is 1400. The monoisotopic (exact) mass is 438 g/mol. The van der Waals surface area contributed by atoms with Crippen molar-refractivity contribution in [2.75, 3.05) is 7.11 Å². The second-order valence-electron chi connectivity index (χ2n) is 6.62. The van der Waals surface area contributed by atoms with Crippen molar-refractivity contribution in [1.82, 2.24) is 15.0 Å². The van der Waals surface area contributed by atoms with Crippen LogP contribution in [-0.2, 0) is 0 Å². The van der Waals surface area contributed by atoms with Crippen LogP contribution in [0.3, 0.4) is 0 Å². The number of rotatable bonds is 5. The van der Waals surface area contributed by atoms with Gasteiger partial charge in [-0.3, -0.25) is 15.0 Å². The lowest BCUT2D eigenvalue weighted by atomic mass is 10.0. The number of ether oxygens (including phenoxy) is 2. The number of benzene rings is 2. The van der Waals surface area contributed by atoms with Crippen molar-refractivity contribution in [3.05, 3.63) is 88.2 Å². The van der Waals surface area contributed by atoms with Crippen molar-refractivity contribution in [1.29, 1.82) is 0 Å². The van der Waals surface area contributed by atoms with Gasteiger partial charge in [0.1, 0.15) is 11.6 Å². The van der Waals surface area contributed by atoms with E-state index in [0.717, 1.165) is 12.1 Å². The molecule has 3 N–H and O–H groups in total. The maximum Gasteiger partial charge on any atom is 0.265 e. The minimum atomic E-state index is -0.882. The van der Waals surface area contributed by atoms with E-state index >= 15 is 0 Å². The summed E-state index contributed by atoms with van der Waals surface area (Å²) >= 11 is 0. The zero-order chi connectivity index (χ0) is 22.8. The van der Waals surface area contributed by atoms with Crippen LogP contribution in [0.25, 0.3) is 16.6 Å². The summed E-state index contributed by atoms with van der Waals surface area (Å²) in [6.45, 7) is 0. The average Bonchev–Trinajstić information content (AvgIpc) is 2.80. The maximum atomic E-state index is 13.9.